The Labute approximate surface area is 183 Å². The van der Waals surface area contributed by atoms with Gasteiger partial charge in [0.05, 0.1) is 18.1 Å². The van der Waals surface area contributed by atoms with Crippen molar-refractivity contribution in [2.24, 2.45) is 0 Å². The van der Waals surface area contributed by atoms with E-state index in [1.807, 2.05) is 12.3 Å². The van der Waals surface area contributed by atoms with Gasteiger partial charge in [-0.15, -0.1) is 0 Å². The van der Waals surface area contributed by atoms with Crippen molar-refractivity contribution >= 4 is 5.65 Å². The van der Waals surface area contributed by atoms with E-state index < -0.39 is 0 Å². The summed E-state index contributed by atoms with van der Waals surface area (Å²) in [6, 6.07) is 9.33. The van der Waals surface area contributed by atoms with Gasteiger partial charge < -0.3 is 14.2 Å². The van der Waals surface area contributed by atoms with Gasteiger partial charge in [-0.2, -0.15) is 0 Å². The summed E-state index contributed by atoms with van der Waals surface area (Å²) in [5.41, 5.74) is 3.09. The molecule has 4 aromatic rings. The maximum atomic E-state index is 12.3. The Morgan fingerprint density at radius 2 is 1.94 bits per heavy atom. The van der Waals surface area contributed by atoms with Crippen molar-refractivity contribution in [3.05, 3.63) is 82.3 Å². The van der Waals surface area contributed by atoms with Crippen LogP contribution in [0.15, 0.2) is 59.9 Å². The molecule has 0 aromatic carbocycles. The molecule has 6 rings (SSSR count). The van der Waals surface area contributed by atoms with Crippen molar-refractivity contribution in [1.82, 2.24) is 19.4 Å². The molecular formula is C24H20N4O4. The summed E-state index contributed by atoms with van der Waals surface area (Å²) >= 11 is 0. The molecule has 8 nitrogen and oxygen atoms in total. The Kier molecular flexibility index (Phi) is 4.31. The second-order valence-corrected chi connectivity index (χ2v) is 8.12. The van der Waals surface area contributed by atoms with E-state index in [1.165, 1.54) is 22.8 Å². The second kappa shape index (κ2) is 7.33. The van der Waals surface area contributed by atoms with E-state index >= 15 is 0 Å². The molecule has 0 unspecified atom stereocenters. The minimum absolute atomic E-state index is 0.134. The number of aryl methyl sites for hydroxylation is 1. The van der Waals surface area contributed by atoms with Gasteiger partial charge in [0.2, 0.25) is 0 Å². The highest BCUT2D eigenvalue weighted by Gasteiger charge is 2.27. The van der Waals surface area contributed by atoms with Gasteiger partial charge in [0, 0.05) is 24.0 Å². The van der Waals surface area contributed by atoms with Crippen LogP contribution in [0.4, 0.5) is 0 Å². The molecule has 1 atom stereocenters. The van der Waals surface area contributed by atoms with Gasteiger partial charge >= 0.3 is 0 Å². The fourth-order valence-electron chi connectivity index (χ4n) is 3.75. The van der Waals surface area contributed by atoms with Crippen LogP contribution in [0.1, 0.15) is 41.7 Å². The van der Waals surface area contributed by atoms with Crippen LogP contribution in [0.2, 0.25) is 0 Å². The summed E-state index contributed by atoms with van der Waals surface area (Å²) in [7, 11) is 0. The van der Waals surface area contributed by atoms with Gasteiger partial charge in [-0.1, -0.05) is 6.07 Å². The van der Waals surface area contributed by atoms with Crippen LogP contribution in [-0.2, 0) is 0 Å². The van der Waals surface area contributed by atoms with Crippen LogP contribution in [0.25, 0.3) is 5.65 Å². The maximum Gasteiger partial charge on any atom is 0.260 e. The van der Waals surface area contributed by atoms with Gasteiger partial charge in [-0.3, -0.25) is 14.2 Å². The number of hydrogen-bond donors (Lipinski definition) is 0. The fourth-order valence-corrected chi connectivity index (χ4v) is 3.75. The largest absolute Gasteiger partial charge is 0.483 e. The summed E-state index contributed by atoms with van der Waals surface area (Å²) in [4.78, 5) is 25.5. The summed E-state index contributed by atoms with van der Waals surface area (Å²) in [5.74, 6) is 2.54. The molecule has 0 radical (unpaired) electrons. The highest BCUT2D eigenvalue weighted by molar-refractivity contribution is 5.45. The van der Waals surface area contributed by atoms with E-state index in [0.717, 1.165) is 5.69 Å². The lowest BCUT2D eigenvalue weighted by molar-refractivity contribution is 0.0817. The quantitative estimate of drug-likeness (QED) is 0.486. The van der Waals surface area contributed by atoms with Crippen LogP contribution >= 0.6 is 0 Å². The third kappa shape index (κ3) is 3.43. The summed E-state index contributed by atoms with van der Waals surface area (Å²) in [6.45, 7) is 2.06. The molecule has 0 N–H and O–H groups in total. The standard InChI is InChI=1S/C24H20N4O4/c1-14-9-26-22-7-5-17(12-28(22)24(14)29)31-18-8-20-23(27-11-18)32-21(13-30-20)19-6-4-16(10-25-19)15-2-3-15/h4-12,15,21H,2-3,13H2,1H3/t21-/m1/s1. The zero-order valence-electron chi connectivity index (χ0n) is 17.4. The Morgan fingerprint density at radius 1 is 1.03 bits per heavy atom. The first-order valence-corrected chi connectivity index (χ1v) is 10.6. The Hall–Kier alpha value is -3.94. The lowest BCUT2D eigenvalue weighted by atomic mass is 10.1. The predicted molar refractivity (Wildman–Crippen MR) is 116 cm³/mol. The Bertz CT molecular complexity index is 1380. The molecule has 0 saturated heterocycles. The number of aromatic nitrogens is 4. The first-order valence-electron chi connectivity index (χ1n) is 10.6. The molecule has 32 heavy (non-hydrogen) atoms. The lowest BCUT2D eigenvalue weighted by Crippen LogP contribution is -2.23. The number of pyridine rings is 3. The monoisotopic (exact) mass is 428 g/mol. The van der Waals surface area contributed by atoms with Gasteiger partial charge in [0.1, 0.15) is 23.8 Å². The van der Waals surface area contributed by atoms with Crippen LogP contribution in [0, 0.1) is 6.92 Å². The van der Waals surface area contributed by atoms with Crippen molar-refractivity contribution in [3.63, 3.8) is 0 Å². The molecule has 2 aliphatic rings. The predicted octanol–water partition coefficient (Wildman–Crippen LogP) is 3.98. The SMILES string of the molecule is Cc1cnc2ccc(Oc3cnc4c(c3)OC[C@H](c3ccc(C5CC5)cn3)O4)cn2c1=O. The molecule has 5 heterocycles. The number of ether oxygens (including phenoxy) is 3. The molecule has 0 amide bonds. The van der Waals surface area contributed by atoms with Crippen molar-refractivity contribution in [2.45, 2.75) is 31.8 Å². The van der Waals surface area contributed by atoms with Gasteiger partial charge in [0.25, 0.3) is 11.4 Å². The van der Waals surface area contributed by atoms with E-state index in [1.54, 1.807) is 43.7 Å². The molecule has 8 heteroatoms. The van der Waals surface area contributed by atoms with Gasteiger partial charge in [0.15, 0.2) is 11.9 Å². The minimum Gasteiger partial charge on any atom is -0.483 e. The van der Waals surface area contributed by atoms with E-state index in [9.17, 15) is 4.79 Å². The first kappa shape index (κ1) is 18.8. The topological polar surface area (TPSA) is 87.8 Å². The van der Waals surface area contributed by atoms with Crippen molar-refractivity contribution in [1.29, 1.82) is 0 Å². The zero-order chi connectivity index (χ0) is 21.7. The molecule has 160 valence electrons. The Morgan fingerprint density at radius 3 is 2.75 bits per heavy atom. The molecule has 1 aliphatic carbocycles. The first-order chi connectivity index (χ1) is 15.6. The van der Waals surface area contributed by atoms with Gasteiger partial charge in [-0.25, -0.2) is 9.97 Å². The molecular weight excluding hydrogens is 408 g/mol. The average Bonchev–Trinajstić information content (AvgIpc) is 3.67. The molecule has 1 aliphatic heterocycles. The number of hydrogen-bond acceptors (Lipinski definition) is 7. The highest BCUT2D eigenvalue weighted by atomic mass is 16.6. The van der Waals surface area contributed by atoms with Crippen LogP contribution in [0.5, 0.6) is 23.1 Å². The summed E-state index contributed by atoms with van der Waals surface area (Å²) < 4.78 is 19.3. The summed E-state index contributed by atoms with van der Waals surface area (Å²) in [6.07, 6.45) is 8.86. The molecule has 1 fully saturated rings. The van der Waals surface area contributed by atoms with Crippen molar-refractivity contribution < 1.29 is 14.2 Å². The average molecular weight is 428 g/mol. The fraction of sp³-hybridized carbons (Fsp3) is 0.250. The zero-order valence-corrected chi connectivity index (χ0v) is 17.4. The van der Waals surface area contributed by atoms with Crippen molar-refractivity contribution in [2.75, 3.05) is 6.61 Å². The summed E-state index contributed by atoms with van der Waals surface area (Å²) in [5, 5.41) is 0. The normalized spacial score (nSPS) is 17.3. The van der Waals surface area contributed by atoms with E-state index in [-0.39, 0.29) is 11.7 Å². The van der Waals surface area contributed by atoms with Crippen LogP contribution in [-0.4, -0.2) is 26.0 Å². The molecule has 0 bridgehead atoms. The van der Waals surface area contributed by atoms with Crippen molar-refractivity contribution in [3.8, 4) is 23.1 Å². The highest BCUT2D eigenvalue weighted by Crippen LogP contribution is 2.41. The maximum absolute atomic E-state index is 12.3. The van der Waals surface area contributed by atoms with E-state index in [2.05, 4.69) is 21.0 Å². The smallest absolute Gasteiger partial charge is 0.260 e. The number of fused-ring (bicyclic) bond motifs is 2. The van der Waals surface area contributed by atoms with E-state index in [0.29, 0.717) is 46.9 Å². The molecule has 4 aromatic heterocycles. The number of rotatable bonds is 4. The van der Waals surface area contributed by atoms with Crippen LogP contribution < -0.4 is 19.8 Å². The third-order valence-electron chi connectivity index (χ3n) is 5.71. The van der Waals surface area contributed by atoms with Crippen LogP contribution in [0.3, 0.4) is 0 Å². The minimum atomic E-state index is -0.307. The Balaban J connectivity index is 1.21. The third-order valence-corrected chi connectivity index (χ3v) is 5.71. The lowest BCUT2D eigenvalue weighted by Gasteiger charge is -2.25. The number of nitrogens with zero attached hydrogens (tertiary/aromatic N) is 4. The second-order valence-electron chi connectivity index (χ2n) is 8.12. The van der Waals surface area contributed by atoms with E-state index in [4.69, 9.17) is 14.2 Å². The molecule has 1 saturated carbocycles. The van der Waals surface area contributed by atoms with Gasteiger partial charge in [-0.05, 0) is 49.4 Å². The molecule has 0 spiro atoms.